The summed E-state index contributed by atoms with van der Waals surface area (Å²) in [6.07, 6.45) is 7.47. The van der Waals surface area contributed by atoms with Gasteiger partial charge in [-0.25, -0.2) is 13.1 Å². The lowest BCUT2D eigenvalue weighted by molar-refractivity contribution is 0.0520. The molecule has 0 unspecified atom stereocenters. The third-order valence-electron chi connectivity index (χ3n) is 5.46. The first-order valence-corrected chi connectivity index (χ1v) is 11.0. The molecule has 26 heavy (non-hydrogen) atoms. The van der Waals surface area contributed by atoms with Gasteiger partial charge in [0.05, 0.1) is 5.02 Å². The number of piperidine rings is 1. The lowest BCUT2D eigenvalue weighted by atomic mass is 9.75. The lowest BCUT2D eigenvalue weighted by Crippen LogP contribution is -2.44. The summed E-state index contributed by atoms with van der Waals surface area (Å²) in [5, 5.41) is 0.101. The normalized spacial score (nSPS) is 23.3. The molecule has 1 N–H and O–H groups in total. The molecular weight excluding hydrogens is 372 g/mol. The molecule has 1 amide bonds. The highest BCUT2D eigenvalue weighted by Crippen LogP contribution is 2.36. The number of nitrogens with zero attached hydrogens (tertiary/aromatic N) is 1. The van der Waals surface area contributed by atoms with Gasteiger partial charge in [-0.1, -0.05) is 36.9 Å². The van der Waals surface area contributed by atoms with Gasteiger partial charge < -0.3 is 4.90 Å². The van der Waals surface area contributed by atoms with Crippen LogP contribution in [0.15, 0.2) is 35.7 Å². The number of nitrogens with one attached hydrogen (secondary N) is 1. The molecule has 1 aliphatic carbocycles. The Balaban J connectivity index is 1.79. The van der Waals surface area contributed by atoms with Gasteiger partial charge in [-0.2, -0.15) is 0 Å². The van der Waals surface area contributed by atoms with Gasteiger partial charge in [0.1, 0.15) is 4.90 Å². The number of amides is 1. The molecule has 1 aliphatic heterocycles. The largest absolute Gasteiger partial charge is 0.338 e. The smallest absolute Gasteiger partial charge is 0.253 e. The van der Waals surface area contributed by atoms with Crippen molar-refractivity contribution in [3.05, 3.63) is 41.4 Å². The van der Waals surface area contributed by atoms with E-state index in [9.17, 15) is 13.2 Å². The quantitative estimate of drug-likeness (QED) is 0.775. The first-order chi connectivity index (χ1) is 12.4. The molecule has 1 aromatic rings. The first-order valence-electron chi connectivity index (χ1n) is 9.12. The molecule has 0 bridgehead atoms. The summed E-state index contributed by atoms with van der Waals surface area (Å²) in [4.78, 5) is 14.7. The number of likely N-dealkylation sites (tertiary alicyclic amines) is 1. The van der Waals surface area contributed by atoms with Crippen LogP contribution >= 0.6 is 11.6 Å². The number of hydrogen-bond acceptors (Lipinski definition) is 3. The van der Waals surface area contributed by atoms with E-state index in [2.05, 4.69) is 11.3 Å². The van der Waals surface area contributed by atoms with Crippen LogP contribution < -0.4 is 4.72 Å². The maximum Gasteiger partial charge on any atom is 0.253 e. The Morgan fingerprint density at radius 3 is 2.73 bits per heavy atom. The van der Waals surface area contributed by atoms with E-state index >= 15 is 0 Å². The molecule has 0 aromatic heterocycles. The highest BCUT2D eigenvalue weighted by molar-refractivity contribution is 7.89. The van der Waals surface area contributed by atoms with Gasteiger partial charge in [0.15, 0.2) is 0 Å². The van der Waals surface area contributed by atoms with E-state index in [1.165, 1.54) is 43.9 Å². The van der Waals surface area contributed by atoms with Crippen molar-refractivity contribution < 1.29 is 13.2 Å². The van der Waals surface area contributed by atoms with E-state index in [1.54, 1.807) is 6.07 Å². The Morgan fingerprint density at radius 1 is 1.27 bits per heavy atom. The molecule has 0 spiro atoms. The highest BCUT2D eigenvalue weighted by Gasteiger charge is 2.33. The van der Waals surface area contributed by atoms with E-state index in [4.69, 9.17) is 11.6 Å². The third kappa shape index (κ3) is 4.13. The van der Waals surface area contributed by atoms with Crippen LogP contribution in [-0.4, -0.2) is 38.9 Å². The van der Waals surface area contributed by atoms with Crippen LogP contribution in [0.25, 0.3) is 0 Å². The maximum absolute atomic E-state index is 12.9. The molecule has 5 nitrogen and oxygen atoms in total. The molecule has 1 aromatic carbocycles. The Labute approximate surface area is 160 Å². The van der Waals surface area contributed by atoms with Crippen LogP contribution in [0.3, 0.4) is 0 Å². The number of fused-ring (bicyclic) bond motifs is 1. The zero-order chi connectivity index (χ0) is 18.7. The van der Waals surface area contributed by atoms with Crippen LogP contribution in [0.1, 0.15) is 42.5 Å². The fourth-order valence-corrected chi connectivity index (χ4v) is 5.58. The number of sulfonamides is 1. The summed E-state index contributed by atoms with van der Waals surface area (Å²) in [6.45, 7) is 5.10. The minimum Gasteiger partial charge on any atom is -0.338 e. The minimum atomic E-state index is -3.78. The van der Waals surface area contributed by atoms with E-state index < -0.39 is 10.0 Å². The second-order valence-electron chi connectivity index (χ2n) is 7.13. The van der Waals surface area contributed by atoms with Gasteiger partial charge in [0, 0.05) is 25.2 Å². The van der Waals surface area contributed by atoms with Crippen molar-refractivity contribution in [1.82, 2.24) is 9.62 Å². The molecule has 3 rings (SSSR count). The summed E-state index contributed by atoms with van der Waals surface area (Å²) in [6, 6.07) is 4.46. The van der Waals surface area contributed by atoms with E-state index in [-0.39, 0.29) is 22.4 Å². The number of carbonyl (C=O) groups is 1. The van der Waals surface area contributed by atoms with Gasteiger partial charge >= 0.3 is 0 Å². The molecule has 2 fully saturated rings. The van der Waals surface area contributed by atoms with Crippen molar-refractivity contribution in [2.75, 3.05) is 19.6 Å². The van der Waals surface area contributed by atoms with Gasteiger partial charge in [-0.15, -0.1) is 6.58 Å². The van der Waals surface area contributed by atoms with E-state index in [0.717, 1.165) is 25.4 Å². The lowest BCUT2D eigenvalue weighted by Gasteiger charge is -2.41. The topological polar surface area (TPSA) is 66.5 Å². The molecular formula is C19H25ClN2O3S. The maximum atomic E-state index is 12.9. The minimum absolute atomic E-state index is 0.0700. The van der Waals surface area contributed by atoms with E-state index in [1.807, 2.05) is 4.90 Å². The Hall–Kier alpha value is -1.37. The summed E-state index contributed by atoms with van der Waals surface area (Å²) in [7, 11) is -3.78. The summed E-state index contributed by atoms with van der Waals surface area (Å²) >= 11 is 6.07. The van der Waals surface area contributed by atoms with Gasteiger partial charge in [0.25, 0.3) is 5.91 Å². The van der Waals surface area contributed by atoms with Crippen LogP contribution in [-0.2, 0) is 10.0 Å². The SMILES string of the molecule is C=CCNS(=O)(=O)c1cc(C(=O)N2CC[C@H]3CCCC[C@@H]3C2)ccc1Cl. The zero-order valence-corrected chi connectivity index (χ0v) is 16.4. The Bertz CT molecular complexity index is 794. The number of carbonyl (C=O) groups excluding carboxylic acids is 1. The fraction of sp³-hybridized carbons (Fsp3) is 0.526. The van der Waals surface area contributed by atoms with Crippen molar-refractivity contribution in [1.29, 1.82) is 0 Å². The number of rotatable bonds is 5. The summed E-state index contributed by atoms with van der Waals surface area (Å²) < 4.78 is 27.2. The predicted octanol–water partition coefficient (Wildman–Crippen LogP) is 3.46. The van der Waals surface area contributed by atoms with Crippen LogP contribution in [0.4, 0.5) is 0 Å². The van der Waals surface area contributed by atoms with E-state index in [0.29, 0.717) is 11.5 Å². The highest BCUT2D eigenvalue weighted by atomic mass is 35.5. The average Bonchev–Trinajstić information content (AvgIpc) is 2.65. The summed E-state index contributed by atoms with van der Waals surface area (Å²) in [5.41, 5.74) is 0.364. The molecule has 1 saturated carbocycles. The summed E-state index contributed by atoms with van der Waals surface area (Å²) in [5.74, 6) is 1.19. The molecule has 2 atom stereocenters. The molecule has 2 aliphatic rings. The predicted molar refractivity (Wildman–Crippen MR) is 103 cm³/mol. The van der Waals surface area contributed by atoms with Crippen molar-refractivity contribution >= 4 is 27.5 Å². The number of hydrogen-bond donors (Lipinski definition) is 1. The molecule has 0 radical (unpaired) electrons. The first kappa shape index (κ1) is 19.4. The second-order valence-corrected chi connectivity index (χ2v) is 9.27. The van der Waals surface area contributed by atoms with Gasteiger partial charge in [-0.3, -0.25) is 4.79 Å². The standard InChI is InChI=1S/C19H25ClN2O3S/c1-2-10-21-26(24,25)18-12-15(7-8-17(18)20)19(23)22-11-9-14-5-3-4-6-16(14)13-22/h2,7-8,12,14,16,21H,1,3-6,9-11,13H2/t14-,16-/m1/s1. The van der Waals surface area contributed by atoms with Crippen molar-refractivity contribution in [3.63, 3.8) is 0 Å². The molecule has 142 valence electrons. The zero-order valence-electron chi connectivity index (χ0n) is 14.8. The van der Waals surface area contributed by atoms with Crippen LogP contribution in [0.5, 0.6) is 0 Å². The van der Waals surface area contributed by atoms with Crippen molar-refractivity contribution in [3.8, 4) is 0 Å². The second kappa shape index (κ2) is 8.11. The number of halogens is 1. The molecule has 1 heterocycles. The van der Waals surface area contributed by atoms with Crippen molar-refractivity contribution in [2.24, 2.45) is 11.8 Å². The molecule has 1 saturated heterocycles. The monoisotopic (exact) mass is 396 g/mol. The molecule has 7 heteroatoms. The Kier molecular flexibility index (Phi) is 6.05. The number of benzene rings is 1. The van der Waals surface area contributed by atoms with Gasteiger partial charge in [0.2, 0.25) is 10.0 Å². The average molecular weight is 397 g/mol. The third-order valence-corrected chi connectivity index (χ3v) is 7.37. The van der Waals surface area contributed by atoms with Crippen molar-refractivity contribution in [2.45, 2.75) is 37.0 Å². The van der Waals surface area contributed by atoms with Crippen LogP contribution in [0, 0.1) is 11.8 Å². The van der Waals surface area contributed by atoms with Crippen LogP contribution in [0.2, 0.25) is 5.02 Å². The Morgan fingerprint density at radius 2 is 2.00 bits per heavy atom. The fourth-order valence-electron chi connectivity index (χ4n) is 4.06. The van der Waals surface area contributed by atoms with Gasteiger partial charge in [-0.05, 0) is 42.9 Å².